The van der Waals surface area contributed by atoms with Crippen LogP contribution in [0.3, 0.4) is 0 Å². The standard InChI is InChI=1S/C16H18BrF2NO/c1-3-7-20-16(14-6-5-11(4-2)21-14)15-12(18)8-10(17)9-13(15)19/h5-6,8-9,16,20H,3-4,7H2,1-2H3. The summed E-state index contributed by atoms with van der Waals surface area (Å²) in [5.41, 5.74) is -0.0105. The maximum Gasteiger partial charge on any atom is 0.132 e. The monoisotopic (exact) mass is 357 g/mol. The first-order valence-electron chi connectivity index (χ1n) is 7.03. The zero-order valence-electron chi connectivity index (χ0n) is 12.1. The molecule has 1 aromatic heterocycles. The third-order valence-corrected chi connectivity index (χ3v) is 3.70. The second-order valence-corrected chi connectivity index (χ2v) is 5.74. The van der Waals surface area contributed by atoms with Crippen LogP contribution in [0.25, 0.3) is 0 Å². The summed E-state index contributed by atoms with van der Waals surface area (Å²) in [6.45, 7) is 4.61. The predicted molar refractivity (Wildman–Crippen MR) is 82.3 cm³/mol. The third kappa shape index (κ3) is 3.71. The number of nitrogens with one attached hydrogen (secondary N) is 1. The summed E-state index contributed by atoms with van der Waals surface area (Å²) < 4.78 is 34.5. The van der Waals surface area contributed by atoms with E-state index in [2.05, 4.69) is 21.2 Å². The average molecular weight is 358 g/mol. The SMILES string of the molecule is CCCNC(c1ccc(CC)o1)c1c(F)cc(Br)cc1F. The van der Waals surface area contributed by atoms with Crippen molar-refractivity contribution in [3.8, 4) is 0 Å². The van der Waals surface area contributed by atoms with E-state index < -0.39 is 17.7 Å². The smallest absolute Gasteiger partial charge is 0.132 e. The molecular formula is C16H18BrF2NO. The Hall–Kier alpha value is -1.20. The number of hydrogen-bond acceptors (Lipinski definition) is 2. The zero-order chi connectivity index (χ0) is 15.4. The van der Waals surface area contributed by atoms with Crippen molar-refractivity contribution in [2.24, 2.45) is 0 Å². The molecule has 2 nitrogen and oxygen atoms in total. The molecule has 0 aliphatic carbocycles. The van der Waals surface area contributed by atoms with E-state index in [0.29, 0.717) is 16.8 Å². The second kappa shape index (κ2) is 7.18. The van der Waals surface area contributed by atoms with Crippen molar-refractivity contribution in [1.82, 2.24) is 5.32 Å². The highest BCUT2D eigenvalue weighted by atomic mass is 79.9. The van der Waals surface area contributed by atoms with Crippen molar-refractivity contribution in [3.05, 3.63) is 57.5 Å². The highest BCUT2D eigenvalue weighted by Crippen LogP contribution is 2.30. The largest absolute Gasteiger partial charge is 0.464 e. The van der Waals surface area contributed by atoms with Crippen molar-refractivity contribution < 1.29 is 13.2 Å². The van der Waals surface area contributed by atoms with Gasteiger partial charge in [0.2, 0.25) is 0 Å². The van der Waals surface area contributed by atoms with Crippen molar-refractivity contribution in [1.29, 1.82) is 0 Å². The molecule has 0 amide bonds. The molecule has 0 aliphatic rings. The Balaban J connectivity index is 2.45. The lowest BCUT2D eigenvalue weighted by Gasteiger charge is -2.18. The Kier molecular flexibility index (Phi) is 5.53. The second-order valence-electron chi connectivity index (χ2n) is 4.83. The van der Waals surface area contributed by atoms with Crippen molar-refractivity contribution in [2.75, 3.05) is 6.54 Å². The van der Waals surface area contributed by atoms with Gasteiger partial charge in [0.15, 0.2) is 0 Å². The minimum atomic E-state index is -0.627. The quantitative estimate of drug-likeness (QED) is 0.789. The van der Waals surface area contributed by atoms with Gasteiger partial charge in [0.25, 0.3) is 0 Å². The number of halogens is 3. The molecule has 2 aromatic rings. The molecule has 1 atom stereocenters. The van der Waals surface area contributed by atoms with E-state index >= 15 is 0 Å². The molecule has 21 heavy (non-hydrogen) atoms. The summed E-state index contributed by atoms with van der Waals surface area (Å²) in [6, 6.07) is 5.52. The van der Waals surface area contributed by atoms with Crippen molar-refractivity contribution in [3.63, 3.8) is 0 Å². The van der Waals surface area contributed by atoms with Gasteiger partial charge in [-0.3, -0.25) is 0 Å². The van der Waals surface area contributed by atoms with Crippen LogP contribution >= 0.6 is 15.9 Å². The first-order valence-corrected chi connectivity index (χ1v) is 7.82. The lowest BCUT2D eigenvalue weighted by Crippen LogP contribution is -2.25. The average Bonchev–Trinajstić information content (AvgIpc) is 2.90. The van der Waals surface area contributed by atoms with Gasteiger partial charge in [-0.1, -0.05) is 29.8 Å². The molecule has 1 heterocycles. The van der Waals surface area contributed by atoms with Crippen LogP contribution in [0.5, 0.6) is 0 Å². The Morgan fingerprint density at radius 3 is 2.38 bits per heavy atom. The van der Waals surface area contributed by atoms with Crippen LogP contribution in [0.2, 0.25) is 0 Å². The van der Waals surface area contributed by atoms with Gasteiger partial charge in [-0.05, 0) is 37.2 Å². The summed E-state index contributed by atoms with van der Waals surface area (Å²) in [5.74, 6) is 0.140. The van der Waals surface area contributed by atoms with Crippen LogP contribution in [-0.4, -0.2) is 6.54 Å². The Labute approximate surface area is 131 Å². The van der Waals surface area contributed by atoms with Gasteiger partial charge in [-0.25, -0.2) is 8.78 Å². The maximum atomic E-state index is 14.2. The molecule has 1 unspecified atom stereocenters. The van der Waals surface area contributed by atoms with Crippen LogP contribution in [0.1, 0.15) is 43.4 Å². The molecule has 0 saturated carbocycles. The molecule has 5 heteroatoms. The Morgan fingerprint density at radius 1 is 1.19 bits per heavy atom. The molecule has 1 aromatic carbocycles. The van der Waals surface area contributed by atoms with Gasteiger partial charge in [0.05, 0.1) is 6.04 Å². The highest BCUT2D eigenvalue weighted by molar-refractivity contribution is 9.10. The summed E-state index contributed by atoms with van der Waals surface area (Å²) in [6.07, 6.45) is 1.60. The normalized spacial score (nSPS) is 12.6. The third-order valence-electron chi connectivity index (χ3n) is 3.25. The summed E-state index contributed by atoms with van der Waals surface area (Å²) in [4.78, 5) is 0. The zero-order valence-corrected chi connectivity index (χ0v) is 13.6. The van der Waals surface area contributed by atoms with Crippen molar-refractivity contribution in [2.45, 2.75) is 32.7 Å². The number of furan rings is 1. The lowest BCUT2D eigenvalue weighted by molar-refractivity contribution is 0.404. The highest BCUT2D eigenvalue weighted by Gasteiger charge is 2.24. The Morgan fingerprint density at radius 2 is 1.86 bits per heavy atom. The minimum absolute atomic E-state index is 0.0105. The predicted octanol–water partition coefficient (Wildman–Crippen LogP) is 4.97. The maximum absolute atomic E-state index is 14.2. The van der Waals surface area contributed by atoms with Gasteiger partial charge >= 0.3 is 0 Å². The molecule has 1 N–H and O–H groups in total. The molecule has 0 saturated heterocycles. The summed E-state index contributed by atoms with van der Waals surface area (Å²) in [5, 5.41) is 3.15. The topological polar surface area (TPSA) is 25.2 Å². The fourth-order valence-electron chi connectivity index (χ4n) is 2.20. The van der Waals surface area contributed by atoms with E-state index in [1.54, 1.807) is 6.07 Å². The van der Waals surface area contributed by atoms with Crippen LogP contribution < -0.4 is 5.32 Å². The molecule has 0 radical (unpaired) electrons. The molecule has 114 valence electrons. The molecule has 2 rings (SSSR count). The van der Waals surface area contributed by atoms with Gasteiger partial charge < -0.3 is 9.73 Å². The van der Waals surface area contributed by atoms with Gasteiger partial charge in [0, 0.05) is 16.5 Å². The van der Waals surface area contributed by atoms with Crippen LogP contribution in [0, 0.1) is 11.6 Å². The van der Waals surface area contributed by atoms with Gasteiger partial charge in [0.1, 0.15) is 23.2 Å². The van der Waals surface area contributed by atoms with Gasteiger partial charge in [-0.15, -0.1) is 0 Å². The van der Waals surface area contributed by atoms with E-state index in [1.807, 2.05) is 19.9 Å². The minimum Gasteiger partial charge on any atom is -0.464 e. The van der Waals surface area contributed by atoms with E-state index in [-0.39, 0.29) is 5.56 Å². The van der Waals surface area contributed by atoms with E-state index in [9.17, 15) is 8.78 Å². The fraction of sp³-hybridized carbons (Fsp3) is 0.375. The first-order chi connectivity index (χ1) is 10.1. The lowest BCUT2D eigenvalue weighted by atomic mass is 10.0. The van der Waals surface area contributed by atoms with Crippen LogP contribution in [0.4, 0.5) is 8.78 Å². The first kappa shape index (κ1) is 16.2. The molecule has 0 bridgehead atoms. The number of rotatable bonds is 6. The van der Waals surface area contributed by atoms with E-state index in [0.717, 1.165) is 18.6 Å². The molecule has 0 aliphatic heterocycles. The number of aryl methyl sites for hydroxylation is 1. The number of hydrogen-bond donors (Lipinski definition) is 1. The van der Waals surface area contributed by atoms with Gasteiger partial charge in [-0.2, -0.15) is 0 Å². The van der Waals surface area contributed by atoms with E-state index in [4.69, 9.17) is 4.42 Å². The molecule has 0 fully saturated rings. The molecule has 0 spiro atoms. The number of benzene rings is 1. The van der Waals surface area contributed by atoms with Crippen LogP contribution in [-0.2, 0) is 6.42 Å². The summed E-state index contributed by atoms with van der Waals surface area (Å²) >= 11 is 3.10. The molecular weight excluding hydrogens is 340 g/mol. The van der Waals surface area contributed by atoms with Crippen molar-refractivity contribution >= 4 is 15.9 Å². The summed E-state index contributed by atoms with van der Waals surface area (Å²) in [7, 11) is 0. The Bertz CT molecular complexity index is 589. The van der Waals surface area contributed by atoms with E-state index in [1.165, 1.54) is 12.1 Å². The van der Waals surface area contributed by atoms with Crippen LogP contribution in [0.15, 0.2) is 33.2 Å². The fourth-order valence-corrected chi connectivity index (χ4v) is 2.60.